The first kappa shape index (κ1) is 12.2. The van der Waals surface area contributed by atoms with Gasteiger partial charge in [0.2, 0.25) is 0 Å². The largest absolute Gasteiger partial charge is 0.360 e. The third-order valence-corrected chi connectivity index (χ3v) is 2.28. The van der Waals surface area contributed by atoms with Crippen LogP contribution < -0.4 is 0 Å². The molecule has 0 aliphatic carbocycles. The highest BCUT2D eigenvalue weighted by Gasteiger charge is 2.06. The van der Waals surface area contributed by atoms with Gasteiger partial charge in [0.1, 0.15) is 0 Å². The van der Waals surface area contributed by atoms with E-state index in [4.69, 9.17) is 16.2 Å². The molecule has 0 aliphatic rings. The number of carbonyl (C=O) groups excluding carboxylic acids is 1. The van der Waals surface area contributed by atoms with Crippen LogP contribution in [0.15, 0.2) is 24.3 Å². The molecule has 0 aromatic heterocycles. The van der Waals surface area contributed by atoms with Gasteiger partial charge in [-0.05, 0) is 24.1 Å². The average Bonchev–Trinajstić information content (AvgIpc) is 2.16. The first-order chi connectivity index (χ1) is 7.08. The molecule has 0 radical (unpaired) electrons. The zero-order valence-corrected chi connectivity index (χ0v) is 9.25. The van der Waals surface area contributed by atoms with E-state index in [1.54, 1.807) is 24.3 Å². The highest BCUT2D eigenvalue weighted by molar-refractivity contribution is 7.74. The van der Waals surface area contributed by atoms with Gasteiger partial charge in [-0.3, -0.25) is 9.35 Å². The number of aryl methyl sites for hydroxylation is 1. The second kappa shape index (κ2) is 5.85. The van der Waals surface area contributed by atoms with Crippen molar-refractivity contribution >= 4 is 28.9 Å². The molecule has 1 N–H and O–H groups in total. The van der Waals surface area contributed by atoms with E-state index in [1.807, 2.05) is 0 Å². The predicted molar refractivity (Wildman–Crippen MR) is 56.6 cm³/mol. The standard InChI is InChI=1S/C9H9ClO4S/c10-8-4-1-7(2-5-8)3-6-9(11)14-15(12)13/h1-2,4-5H,3,6H2,(H,12,13). The van der Waals surface area contributed by atoms with Crippen molar-refractivity contribution in [2.45, 2.75) is 12.8 Å². The Bertz CT molecular complexity index is 363. The zero-order valence-electron chi connectivity index (χ0n) is 7.68. The number of rotatable bonds is 4. The molecule has 0 spiro atoms. The van der Waals surface area contributed by atoms with Crippen LogP contribution in [-0.4, -0.2) is 14.7 Å². The number of carbonyl (C=O) groups is 1. The molecule has 1 atom stereocenters. The summed E-state index contributed by atoms with van der Waals surface area (Å²) in [5, 5.41) is 0.623. The molecule has 1 unspecified atom stereocenters. The third kappa shape index (κ3) is 4.92. The Morgan fingerprint density at radius 1 is 1.40 bits per heavy atom. The lowest BCUT2D eigenvalue weighted by Crippen LogP contribution is -2.07. The van der Waals surface area contributed by atoms with E-state index in [2.05, 4.69) is 4.18 Å². The fourth-order valence-corrected chi connectivity index (χ4v) is 1.39. The monoisotopic (exact) mass is 248 g/mol. The molecule has 0 fully saturated rings. The van der Waals surface area contributed by atoms with Crippen molar-refractivity contribution in [3.8, 4) is 0 Å². The Morgan fingerprint density at radius 2 is 2.00 bits per heavy atom. The van der Waals surface area contributed by atoms with Gasteiger partial charge in [0, 0.05) is 5.02 Å². The Morgan fingerprint density at radius 3 is 2.53 bits per heavy atom. The summed E-state index contributed by atoms with van der Waals surface area (Å²) < 4.78 is 22.4. The van der Waals surface area contributed by atoms with Gasteiger partial charge in [-0.25, -0.2) is 0 Å². The van der Waals surface area contributed by atoms with Gasteiger partial charge in [0.15, 0.2) is 0 Å². The van der Waals surface area contributed by atoms with Gasteiger partial charge in [0.25, 0.3) is 0 Å². The summed E-state index contributed by atoms with van der Waals surface area (Å²) in [4.78, 5) is 10.9. The third-order valence-electron chi connectivity index (χ3n) is 1.70. The normalized spacial score (nSPS) is 12.1. The van der Waals surface area contributed by atoms with Crippen molar-refractivity contribution in [1.82, 2.24) is 0 Å². The molecule has 0 heterocycles. The minimum absolute atomic E-state index is 0.0634. The Labute approximate surface area is 94.7 Å². The fraction of sp³-hybridized carbons (Fsp3) is 0.222. The maximum Gasteiger partial charge on any atom is 0.360 e. The first-order valence-corrected chi connectivity index (χ1v) is 5.55. The quantitative estimate of drug-likeness (QED) is 0.828. The van der Waals surface area contributed by atoms with Crippen molar-refractivity contribution in [3.05, 3.63) is 34.9 Å². The van der Waals surface area contributed by atoms with E-state index in [0.29, 0.717) is 11.4 Å². The molecular weight excluding hydrogens is 240 g/mol. The highest BCUT2D eigenvalue weighted by atomic mass is 35.5. The van der Waals surface area contributed by atoms with E-state index in [1.165, 1.54) is 0 Å². The van der Waals surface area contributed by atoms with Gasteiger partial charge in [-0.1, -0.05) is 23.7 Å². The van der Waals surface area contributed by atoms with E-state index in [-0.39, 0.29) is 6.42 Å². The molecule has 6 heteroatoms. The molecule has 1 aromatic rings. The van der Waals surface area contributed by atoms with Crippen molar-refractivity contribution < 1.29 is 17.7 Å². The Hall–Kier alpha value is -0.910. The number of halogens is 1. The van der Waals surface area contributed by atoms with E-state index < -0.39 is 17.3 Å². The summed E-state index contributed by atoms with van der Waals surface area (Å²) in [6.45, 7) is 0. The molecule has 4 nitrogen and oxygen atoms in total. The molecule has 1 rings (SSSR count). The van der Waals surface area contributed by atoms with Crippen LogP contribution in [0.25, 0.3) is 0 Å². The number of hydrogen-bond acceptors (Lipinski definition) is 3. The van der Waals surface area contributed by atoms with Crippen LogP contribution in [0.3, 0.4) is 0 Å². The van der Waals surface area contributed by atoms with Crippen molar-refractivity contribution in [1.29, 1.82) is 0 Å². The first-order valence-electron chi connectivity index (χ1n) is 4.14. The Balaban J connectivity index is 2.40. The zero-order chi connectivity index (χ0) is 11.3. The average molecular weight is 249 g/mol. The van der Waals surface area contributed by atoms with Crippen molar-refractivity contribution in [3.63, 3.8) is 0 Å². The maximum absolute atomic E-state index is 10.9. The summed E-state index contributed by atoms with van der Waals surface area (Å²) in [5.74, 6) is -0.703. The lowest BCUT2D eigenvalue weighted by molar-refractivity contribution is -0.133. The van der Waals surface area contributed by atoms with Gasteiger partial charge in [0.05, 0.1) is 6.42 Å². The molecule has 0 amide bonds. The SMILES string of the molecule is O=C(CCc1ccc(Cl)cc1)OS(=O)O. The van der Waals surface area contributed by atoms with Crippen LogP contribution >= 0.6 is 11.6 Å². The number of hydrogen-bond donors (Lipinski definition) is 1. The van der Waals surface area contributed by atoms with E-state index in [9.17, 15) is 9.00 Å². The second-order valence-electron chi connectivity index (χ2n) is 2.80. The summed E-state index contributed by atoms with van der Waals surface area (Å²) in [7, 11) is 0. The lowest BCUT2D eigenvalue weighted by Gasteiger charge is -2.00. The molecule has 0 aliphatic heterocycles. The van der Waals surface area contributed by atoms with Crippen LogP contribution in [0.1, 0.15) is 12.0 Å². The smallest absolute Gasteiger partial charge is 0.343 e. The van der Waals surface area contributed by atoms with Gasteiger partial charge < -0.3 is 4.18 Å². The van der Waals surface area contributed by atoms with Gasteiger partial charge in [-0.15, -0.1) is 0 Å². The maximum atomic E-state index is 10.9. The number of benzene rings is 1. The summed E-state index contributed by atoms with van der Waals surface area (Å²) >= 11 is 3.15. The minimum Gasteiger partial charge on any atom is -0.343 e. The highest BCUT2D eigenvalue weighted by Crippen LogP contribution is 2.11. The predicted octanol–water partition coefficient (Wildman–Crippen LogP) is 1.95. The molecule has 82 valence electrons. The van der Waals surface area contributed by atoms with Crippen LogP contribution in [-0.2, 0) is 26.8 Å². The molecule has 0 saturated carbocycles. The molecule has 15 heavy (non-hydrogen) atoms. The van der Waals surface area contributed by atoms with Gasteiger partial charge in [-0.2, -0.15) is 4.21 Å². The molecule has 0 bridgehead atoms. The van der Waals surface area contributed by atoms with Crippen LogP contribution in [0, 0.1) is 0 Å². The van der Waals surface area contributed by atoms with Crippen molar-refractivity contribution in [2.24, 2.45) is 0 Å². The molecule has 0 saturated heterocycles. The Kier molecular flexibility index (Phi) is 4.74. The summed E-state index contributed by atoms with van der Waals surface area (Å²) in [5.41, 5.74) is 0.917. The van der Waals surface area contributed by atoms with Crippen LogP contribution in [0.5, 0.6) is 0 Å². The van der Waals surface area contributed by atoms with E-state index >= 15 is 0 Å². The lowest BCUT2D eigenvalue weighted by atomic mass is 10.1. The molecular formula is C9H9ClO4S. The van der Waals surface area contributed by atoms with Crippen molar-refractivity contribution in [2.75, 3.05) is 0 Å². The minimum atomic E-state index is -2.53. The second-order valence-corrected chi connectivity index (χ2v) is 3.84. The fourth-order valence-electron chi connectivity index (χ4n) is 1.02. The van der Waals surface area contributed by atoms with Crippen LogP contribution in [0.4, 0.5) is 0 Å². The summed E-state index contributed by atoms with van der Waals surface area (Å²) in [6, 6.07) is 7.00. The summed E-state index contributed by atoms with van der Waals surface area (Å²) in [6.07, 6.45) is 0.515. The molecule has 1 aromatic carbocycles. The van der Waals surface area contributed by atoms with Crippen LogP contribution in [0.2, 0.25) is 5.02 Å². The topological polar surface area (TPSA) is 63.6 Å². The van der Waals surface area contributed by atoms with E-state index in [0.717, 1.165) is 5.56 Å². The van der Waals surface area contributed by atoms with Gasteiger partial charge >= 0.3 is 17.3 Å².